The van der Waals surface area contributed by atoms with Crippen LogP contribution in [0, 0.1) is 0 Å². The summed E-state index contributed by atoms with van der Waals surface area (Å²) in [5.74, 6) is -1.77. The molecule has 0 fully saturated rings. The fourth-order valence-electron chi connectivity index (χ4n) is 5.75. The number of rotatable bonds is 36. The highest BCUT2D eigenvalue weighted by Gasteiger charge is 2.25. The van der Waals surface area contributed by atoms with Gasteiger partial charge in [-0.25, -0.2) is 0 Å². The number of ether oxygens (including phenoxy) is 3. The topological polar surface area (TPSA) is 102 Å². The van der Waals surface area contributed by atoms with Crippen LogP contribution in [0.4, 0.5) is 0 Å². The van der Waals surface area contributed by atoms with Crippen molar-refractivity contribution in [3.05, 3.63) is 60.8 Å². The van der Waals surface area contributed by atoms with Crippen LogP contribution in [0.25, 0.3) is 0 Å². The number of likely N-dealkylation sites (N-methyl/N-ethyl adjacent to an activating group) is 1. The lowest BCUT2D eigenvalue weighted by Gasteiger charge is -2.34. The van der Waals surface area contributed by atoms with Crippen LogP contribution in [-0.4, -0.2) is 75.5 Å². The molecule has 0 saturated heterocycles. The highest BCUT2D eigenvalue weighted by Crippen LogP contribution is 2.14. The summed E-state index contributed by atoms with van der Waals surface area (Å²) in [5.41, 5.74) is 0. The van der Waals surface area contributed by atoms with Crippen molar-refractivity contribution in [2.75, 3.05) is 41.0 Å². The van der Waals surface area contributed by atoms with Crippen molar-refractivity contribution in [2.45, 2.75) is 167 Å². The van der Waals surface area contributed by atoms with Crippen molar-refractivity contribution in [1.29, 1.82) is 0 Å². The van der Waals surface area contributed by atoms with Gasteiger partial charge in [0.15, 0.2) is 6.10 Å². The Bertz CT molecular complexity index is 1050. The Morgan fingerprint density at radius 2 is 1.04 bits per heavy atom. The molecule has 0 spiro atoms. The molecule has 2 atom stereocenters. The Balaban J connectivity index is 4.44. The molecule has 304 valence electrons. The van der Waals surface area contributed by atoms with Crippen LogP contribution < -0.4 is 5.11 Å². The second kappa shape index (κ2) is 36.0. The van der Waals surface area contributed by atoms with Crippen LogP contribution in [0.1, 0.15) is 155 Å². The van der Waals surface area contributed by atoms with Crippen LogP contribution in [0.5, 0.6) is 0 Å². The molecule has 0 aromatic rings. The van der Waals surface area contributed by atoms with Gasteiger partial charge in [0.2, 0.25) is 0 Å². The summed E-state index contributed by atoms with van der Waals surface area (Å²) in [6.07, 6.45) is 42.3. The number of carboxylic acid groups (broad SMARTS) is 1. The van der Waals surface area contributed by atoms with Gasteiger partial charge in [0, 0.05) is 19.3 Å². The smallest absolute Gasteiger partial charge is 0.306 e. The van der Waals surface area contributed by atoms with Gasteiger partial charge in [-0.05, 0) is 32.1 Å². The summed E-state index contributed by atoms with van der Waals surface area (Å²) in [7, 11) is 5.39. The Labute approximate surface area is 324 Å². The van der Waals surface area contributed by atoms with Crippen molar-refractivity contribution < 1.29 is 38.2 Å². The zero-order valence-electron chi connectivity index (χ0n) is 34.4. The summed E-state index contributed by atoms with van der Waals surface area (Å²) in [4.78, 5) is 36.7. The molecular formula is C45H77NO7. The van der Waals surface area contributed by atoms with E-state index in [2.05, 4.69) is 38.2 Å². The fourth-order valence-corrected chi connectivity index (χ4v) is 5.75. The number of allylic oxidation sites excluding steroid dienone is 10. The molecule has 0 amide bonds. The van der Waals surface area contributed by atoms with Gasteiger partial charge in [-0.1, -0.05) is 164 Å². The van der Waals surface area contributed by atoms with Crippen molar-refractivity contribution in [3.8, 4) is 0 Å². The standard InChI is InChI=1S/C45H77NO7/c1-6-8-10-12-14-16-18-19-20-21-22-23-24-26-28-30-32-34-36-44(48)53-41(39-51-38-37-42(45(49)50)46(3,4)5)40-52-43(47)35-33-31-29-27-25-17-15-13-11-9-7-2/h10,12,14,16,18-23,41-42H,6-9,11,13,15,17,24-40H2,1-5H3/b12-10+,16-14+,19-18+,21-20+,23-22+. The van der Waals surface area contributed by atoms with Gasteiger partial charge < -0.3 is 28.6 Å². The van der Waals surface area contributed by atoms with E-state index in [1.165, 1.54) is 57.8 Å². The van der Waals surface area contributed by atoms with E-state index >= 15 is 0 Å². The van der Waals surface area contributed by atoms with Gasteiger partial charge in [0.1, 0.15) is 12.6 Å². The Morgan fingerprint density at radius 1 is 0.566 bits per heavy atom. The number of hydrogen-bond donors (Lipinski definition) is 0. The molecule has 0 aromatic heterocycles. The summed E-state index contributed by atoms with van der Waals surface area (Å²) in [6.45, 7) is 4.52. The van der Waals surface area contributed by atoms with E-state index in [0.29, 0.717) is 12.8 Å². The molecule has 0 aliphatic heterocycles. The van der Waals surface area contributed by atoms with Gasteiger partial charge in [0.25, 0.3) is 0 Å². The number of carbonyl (C=O) groups is 3. The van der Waals surface area contributed by atoms with E-state index in [1.807, 2.05) is 36.5 Å². The molecule has 0 radical (unpaired) electrons. The van der Waals surface area contributed by atoms with Gasteiger partial charge >= 0.3 is 11.9 Å². The van der Waals surface area contributed by atoms with Crippen LogP contribution in [0.2, 0.25) is 0 Å². The zero-order valence-corrected chi connectivity index (χ0v) is 34.4. The predicted octanol–water partition coefficient (Wildman–Crippen LogP) is 9.69. The van der Waals surface area contributed by atoms with E-state index < -0.39 is 18.1 Å². The molecule has 53 heavy (non-hydrogen) atoms. The van der Waals surface area contributed by atoms with Crippen molar-refractivity contribution in [3.63, 3.8) is 0 Å². The number of carbonyl (C=O) groups excluding carboxylic acids is 3. The first-order chi connectivity index (χ1) is 25.6. The maximum atomic E-state index is 12.7. The third-order valence-electron chi connectivity index (χ3n) is 9.02. The maximum Gasteiger partial charge on any atom is 0.306 e. The third kappa shape index (κ3) is 34.5. The summed E-state index contributed by atoms with van der Waals surface area (Å²) in [5, 5.41) is 11.6. The average Bonchev–Trinajstić information content (AvgIpc) is 3.11. The molecule has 0 bridgehead atoms. The first-order valence-electron chi connectivity index (χ1n) is 20.9. The molecule has 8 heteroatoms. The fraction of sp³-hybridized carbons (Fsp3) is 0.711. The van der Waals surface area contributed by atoms with Crippen molar-refractivity contribution in [2.24, 2.45) is 0 Å². The number of nitrogens with zero attached hydrogens (tertiary/aromatic N) is 1. The lowest BCUT2D eigenvalue weighted by Crippen LogP contribution is -2.55. The minimum Gasteiger partial charge on any atom is -0.544 e. The quantitative estimate of drug-likeness (QED) is 0.0273. The van der Waals surface area contributed by atoms with Crippen molar-refractivity contribution in [1.82, 2.24) is 0 Å². The molecular weight excluding hydrogens is 666 g/mol. The molecule has 0 rings (SSSR count). The number of unbranched alkanes of at least 4 members (excludes halogenated alkanes) is 16. The zero-order chi connectivity index (χ0) is 39.3. The van der Waals surface area contributed by atoms with E-state index in [1.54, 1.807) is 21.1 Å². The first kappa shape index (κ1) is 50.0. The Kier molecular flexibility index (Phi) is 34.0. The second-order valence-electron chi connectivity index (χ2n) is 15.0. The normalized spacial score (nSPS) is 13.6. The highest BCUT2D eigenvalue weighted by atomic mass is 16.6. The summed E-state index contributed by atoms with van der Waals surface area (Å²) < 4.78 is 17.1. The largest absolute Gasteiger partial charge is 0.544 e. The van der Waals surface area contributed by atoms with E-state index in [4.69, 9.17) is 14.2 Å². The highest BCUT2D eigenvalue weighted by molar-refractivity contribution is 5.70. The van der Waals surface area contributed by atoms with E-state index in [9.17, 15) is 19.5 Å². The SMILES string of the molecule is CCC/C=C/C=C/C=C/C=C/C=C/CCCCCCCC(=O)OC(COCCC(C(=O)[O-])[N+](C)(C)C)COC(=O)CCCCCCCCCCCCC. The maximum absolute atomic E-state index is 12.7. The predicted molar refractivity (Wildman–Crippen MR) is 217 cm³/mol. The Hall–Kier alpha value is -2.97. The van der Waals surface area contributed by atoms with E-state index in [-0.39, 0.29) is 42.7 Å². The number of esters is 2. The van der Waals surface area contributed by atoms with Gasteiger partial charge in [-0.3, -0.25) is 9.59 Å². The molecule has 0 aromatic carbocycles. The summed E-state index contributed by atoms with van der Waals surface area (Å²) >= 11 is 0. The molecule has 0 aliphatic carbocycles. The molecule has 0 saturated carbocycles. The minimum atomic E-state index is -1.13. The van der Waals surface area contributed by atoms with Crippen LogP contribution in [0.15, 0.2) is 60.8 Å². The first-order valence-corrected chi connectivity index (χ1v) is 20.9. The molecule has 0 N–H and O–H groups in total. The van der Waals surface area contributed by atoms with Gasteiger partial charge in [-0.15, -0.1) is 0 Å². The number of aliphatic carboxylic acids is 1. The molecule has 0 heterocycles. The van der Waals surface area contributed by atoms with Gasteiger partial charge in [-0.2, -0.15) is 0 Å². The number of hydrogen-bond acceptors (Lipinski definition) is 7. The second-order valence-corrected chi connectivity index (χ2v) is 15.0. The van der Waals surface area contributed by atoms with Gasteiger partial charge in [0.05, 0.1) is 40.3 Å². The lowest BCUT2D eigenvalue weighted by molar-refractivity contribution is -0.889. The average molecular weight is 744 g/mol. The number of quaternary nitrogens is 1. The van der Waals surface area contributed by atoms with Crippen LogP contribution >= 0.6 is 0 Å². The monoisotopic (exact) mass is 744 g/mol. The minimum absolute atomic E-state index is 0.0289. The van der Waals surface area contributed by atoms with E-state index in [0.717, 1.165) is 64.2 Å². The number of carboxylic acids is 1. The molecule has 0 aliphatic rings. The lowest BCUT2D eigenvalue weighted by atomic mass is 10.1. The van der Waals surface area contributed by atoms with Crippen molar-refractivity contribution >= 4 is 17.9 Å². The third-order valence-corrected chi connectivity index (χ3v) is 9.02. The Morgan fingerprint density at radius 3 is 1.55 bits per heavy atom. The molecule has 2 unspecified atom stereocenters. The molecule has 8 nitrogen and oxygen atoms in total. The van der Waals surface area contributed by atoms with Crippen LogP contribution in [0.3, 0.4) is 0 Å². The van der Waals surface area contributed by atoms with Crippen LogP contribution in [-0.2, 0) is 28.6 Å². The summed E-state index contributed by atoms with van der Waals surface area (Å²) in [6, 6.07) is -0.731.